The quantitative estimate of drug-likeness (QED) is 0.141. The summed E-state index contributed by atoms with van der Waals surface area (Å²) >= 11 is 0. The van der Waals surface area contributed by atoms with Crippen LogP contribution in [0.25, 0.3) is 0 Å². The van der Waals surface area contributed by atoms with Crippen LogP contribution in [0.1, 0.15) is 155 Å². The SMILES string of the molecule is CC(C)(C)c1ccc([S+](c2ccc(C(C)(C)C)cc2)c2ccc(C(C)(C)C)cc2)cc1.CC(C)c1cc(C(C)C)c(S(=O)(=O)[O-])c(C(C)C)c1. The van der Waals surface area contributed by atoms with E-state index in [1.165, 1.54) is 31.4 Å². The summed E-state index contributed by atoms with van der Waals surface area (Å²) in [5.41, 5.74) is 7.01. The standard InChI is InChI=1S/C30H39S.C15H24O3S/c1-28(2,3)22-10-16-25(17-11-22)31(26-18-12-23(13-19-26)29(4,5)6)27-20-14-24(15-21-27)30(7,8)9;1-9(2)12-7-13(10(3)4)15(19(16,17)18)14(8-12)11(5)6/h10-21H,1-9H3;7-11H,1-6H3,(H,16,17,18)/q+1;/p-1. The van der Waals surface area contributed by atoms with Crippen LogP contribution in [0.3, 0.4) is 0 Å². The first-order chi connectivity index (χ1) is 22.8. The van der Waals surface area contributed by atoms with Crippen LogP contribution in [0.15, 0.2) is 105 Å². The van der Waals surface area contributed by atoms with E-state index in [2.05, 4.69) is 149 Å². The van der Waals surface area contributed by atoms with Gasteiger partial charge in [-0.25, -0.2) is 8.42 Å². The largest absolute Gasteiger partial charge is 0.744 e. The molecule has 5 heteroatoms. The van der Waals surface area contributed by atoms with Crippen LogP contribution in [-0.4, -0.2) is 13.0 Å². The Labute approximate surface area is 308 Å². The van der Waals surface area contributed by atoms with Crippen LogP contribution >= 0.6 is 0 Å². The lowest BCUT2D eigenvalue weighted by molar-refractivity contribution is 0.459. The van der Waals surface area contributed by atoms with Gasteiger partial charge in [0.1, 0.15) is 10.1 Å². The Bertz CT molecular complexity index is 1640. The molecule has 0 heterocycles. The van der Waals surface area contributed by atoms with Crippen LogP contribution in [0.2, 0.25) is 0 Å². The third-order valence-electron chi connectivity index (χ3n) is 9.20. The fourth-order valence-electron chi connectivity index (χ4n) is 5.86. The topological polar surface area (TPSA) is 57.2 Å². The molecule has 0 aliphatic heterocycles. The molecule has 0 aliphatic carbocycles. The highest BCUT2D eigenvalue weighted by Crippen LogP contribution is 2.37. The van der Waals surface area contributed by atoms with E-state index in [0.29, 0.717) is 17.0 Å². The van der Waals surface area contributed by atoms with Gasteiger partial charge in [0.15, 0.2) is 14.7 Å². The third kappa shape index (κ3) is 10.6. The summed E-state index contributed by atoms with van der Waals surface area (Å²) in [5, 5.41) is 0. The fourth-order valence-corrected chi connectivity index (χ4v) is 9.07. The molecule has 0 radical (unpaired) electrons. The Balaban J connectivity index is 0.000000305. The molecule has 272 valence electrons. The van der Waals surface area contributed by atoms with E-state index in [1.54, 1.807) is 0 Å². The highest BCUT2D eigenvalue weighted by Gasteiger charge is 2.30. The van der Waals surface area contributed by atoms with Gasteiger partial charge in [-0.15, -0.1) is 0 Å². The maximum Gasteiger partial charge on any atom is 0.166 e. The first kappa shape index (κ1) is 41.6. The van der Waals surface area contributed by atoms with Crippen molar-refractivity contribution in [1.29, 1.82) is 0 Å². The lowest BCUT2D eigenvalue weighted by atomic mass is 9.87. The molecule has 0 aliphatic rings. The zero-order valence-electron chi connectivity index (χ0n) is 33.4. The van der Waals surface area contributed by atoms with Gasteiger partial charge in [0, 0.05) is 0 Å². The Morgan fingerprint density at radius 2 is 0.740 bits per heavy atom. The smallest absolute Gasteiger partial charge is 0.166 e. The van der Waals surface area contributed by atoms with E-state index in [-0.39, 0.29) is 43.9 Å². The number of hydrogen-bond donors (Lipinski definition) is 0. The lowest BCUT2D eigenvalue weighted by Gasteiger charge is -2.24. The Morgan fingerprint density at radius 3 is 0.920 bits per heavy atom. The van der Waals surface area contributed by atoms with E-state index in [0.717, 1.165) is 5.56 Å². The zero-order valence-corrected chi connectivity index (χ0v) is 35.0. The molecule has 0 N–H and O–H groups in total. The molecule has 0 atom stereocenters. The molecule has 4 aromatic rings. The van der Waals surface area contributed by atoms with Gasteiger partial charge in [-0.05, 0) is 104 Å². The molecule has 0 spiro atoms. The normalized spacial score (nSPS) is 12.9. The molecule has 4 aromatic carbocycles. The van der Waals surface area contributed by atoms with Gasteiger partial charge in [-0.1, -0.05) is 152 Å². The Kier molecular flexibility index (Phi) is 13.1. The second-order valence-electron chi connectivity index (χ2n) is 17.6. The Morgan fingerprint density at radius 1 is 0.480 bits per heavy atom. The van der Waals surface area contributed by atoms with Gasteiger partial charge in [-0.3, -0.25) is 0 Å². The number of rotatable bonds is 7. The predicted molar refractivity (Wildman–Crippen MR) is 214 cm³/mol. The number of benzene rings is 4. The first-order valence-electron chi connectivity index (χ1n) is 18.0. The molecule has 0 unspecified atom stereocenters. The van der Waals surface area contributed by atoms with Crippen LogP contribution < -0.4 is 0 Å². The Hall–Kier alpha value is -2.86. The second-order valence-corrected chi connectivity index (χ2v) is 20.9. The van der Waals surface area contributed by atoms with E-state index in [1.807, 2.05) is 39.8 Å². The number of hydrogen-bond acceptors (Lipinski definition) is 3. The van der Waals surface area contributed by atoms with E-state index >= 15 is 0 Å². The molecule has 50 heavy (non-hydrogen) atoms. The molecule has 0 amide bonds. The van der Waals surface area contributed by atoms with Crippen LogP contribution in [0, 0.1) is 0 Å². The van der Waals surface area contributed by atoms with Gasteiger partial charge in [0.2, 0.25) is 0 Å². The first-order valence-corrected chi connectivity index (χ1v) is 20.6. The summed E-state index contributed by atoms with van der Waals surface area (Å²) in [5.74, 6) is 0.322. The van der Waals surface area contributed by atoms with E-state index in [9.17, 15) is 13.0 Å². The minimum absolute atomic E-state index is 0.00919. The van der Waals surface area contributed by atoms with E-state index in [4.69, 9.17) is 0 Å². The van der Waals surface area contributed by atoms with Crippen LogP contribution in [0.5, 0.6) is 0 Å². The van der Waals surface area contributed by atoms with Gasteiger partial charge in [0.05, 0.1) is 15.8 Å². The van der Waals surface area contributed by atoms with Crippen molar-refractivity contribution >= 4 is 21.0 Å². The molecular formula is C45H62O3S2. The van der Waals surface area contributed by atoms with Crippen LogP contribution in [-0.2, 0) is 37.3 Å². The molecule has 0 aromatic heterocycles. The minimum Gasteiger partial charge on any atom is -0.744 e. The second kappa shape index (κ2) is 15.8. The van der Waals surface area contributed by atoms with Gasteiger partial charge < -0.3 is 4.55 Å². The summed E-state index contributed by atoms with van der Waals surface area (Å²) in [7, 11) is -4.57. The molecule has 4 rings (SSSR count). The molecule has 0 bridgehead atoms. The summed E-state index contributed by atoms with van der Waals surface area (Å²) in [6.45, 7) is 32.3. The van der Waals surface area contributed by atoms with Crippen molar-refractivity contribution in [3.05, 3.63) is 118 Å². The monoisotopic (exact) mass is 714 g/mol. The fraction of sp³-hybridized carbons (Fsp3) is 0.467. The van der Waals surface area contributed by atoms with E-state index < -0.39 is 10.1 Å². The molecule has 0 saturated heterocycles. The summed E-state index contributed by atoms with van der Waals surface area (Å²) in [6, 6.07) is 31.6. The van der Waals surface area contributed by atoms with Gasteiger partial charge in [0.25, 0.3) is 0 Å². The predicted octanol–water partition coefficient (Wildman–Crippen LogP) is 12.6. The molecule has 0 fully saturated rings. The summed E-state index contributed by atoms with van der Waals surface area (Å²) < 4.78 is 34.8. The lowest BCUT2D eigenvalue weighted by Crippen LogP contribution is -2.13. The van der Waals surface area contributed by atoms with Gasteiger partial charge in [-0.2, -0.15) is 0 Å². The third-order valence-corrected chi connectivity index (χ3v) is 12.4. The zero-order chi connectivity index (χ0) is 38.0. The van der Waals surface area contributed by atoms with Crippen molar-refractivity contribution in [2.75, 3.05) is 0 Å². The van der Waals surface area contributed by atoms with Crippen molar-refractivity contribution in [1.82, 2.24) is 0 Å². The van der Waals surface area contributed by atoms with Gasteiger partial charge >= 0.3 is 0 Å². The summed E-state index contributed by atoms with van der Waals surface area (Å²) in [6.07, 6.45) is 0. The van der Waals surface area contributed by atoms with Crippen LogP contribution in [0.4, 0.5) is 0 Å². The molecular weight excluding hydrogens is 653 g/mol. The summed E-state index contributed by atoms with van der Waals surface area (Å²) in [4.78, 5) is 4.11. The highest BCUT2D eigenvalue weighted by molar-refractivity contribution is 7.97. The highest BCUT2D eigenvalue weighted by atomic mass is 32.2. The average molecular weight is 715 g/mol. The minimum atomic E-state index is -4.45. The average Bonchev–Trinajstić information content (AvgIpc) is 3.00. The van der Waals surface area contributed by atoms with Crippen molar-refractivity contribution in [3.63, 3.8) is 0 Å². The van der Waals surface area contributed by atoms with Crippen molar-refractivity contribution in [2.24, 2.45) is 0 Å². The van der Waals surface area contributed by atoms with Crippen molar-refractivity contribution in [2.45, 2.75) is 157 Å². The van der Waals surface area contributed by atoms with Crippen molar-refractivity contribution < 1.29 is 13.0 Å². The van der Waals surface area contributed by atoms with Crippen molar-refractivity contribution in [3.8, 4) is 0 Å². The molecule has 0 saturated carbocycles. The molecule has 3 nitrogen and oxygen atoms in total. The maximum absolute atomic E-state index is 11.6. The maximum atomic E-state index is 11.6.